The molecule has 2 N–H and O–H groups in total. The molecule has 1 aromatic rings. The van der Waals surface area contributed by atoms with Crippen molar-refractivity contribution in [2.45, 2.75) is 25.4 Å². The molecule has 2 heterocycles. The number of carbonyl (C=O) groups is 1. The lowest BCUT2D eigenvalue weighted by molar-refractivity contribution is -0.130. The van der Waals surface area contributed by atoms with Crippen molar-refractivity contribution in [3.05, 3.63) is 22.4 Å². The molecule has 18 heavy (non-hydrogen) atoms. The first-order chi connectivity index (χ1) is 8.77. The third-order valence-electron chi connectivity index (χ3n) is 3.18. The Morgan fingerprint density at radius 1 is 1.50 bits per heavy atom. The summed E-state index contributed by atoms with van der Waals surface area (Å²) in [5.74, 6) is 0.227. The lowest BCUT2D eigenvalue weighted by Gasteiger charge is -2.15. The first kappa shape index (κ1) is 13.5. The monoisotopic (exact) mass is 268 g/mol. The number of likely N-dealkylation sites (tertiary alicyclic amines) is 1. The molecular formula is C13H20N2O2S. The molecule has 0 aromatic carbocycles. The fourth-order valence-electron chi connectivity index (χ4n) is 2.14. The second-order valence-electron chi connectivity index (χ2n) is 4.57. The van der Waals surface area contributed by atoms with E-state index < -0.39 is 6.10 Å². The van der Waals surface area contributed by atoms with Gasteiger partial charge in [0.05, 0.1) is 0 Å². The van der Waals surface area contributed by atoms with E-state index in [1.54, 1.807) is 11.3 Å². The average molecular weight is 268 g/mol. The number of nitrogens with zero attached hydrogens (tertiary/aromatic N) is 1. The van der Waals surface area contributed by atoms with Crippen LogP contribution in [0.4, 0.5) is 0 Å². The average Bonchev–Trinajstić information content (AvgIpc) is 3.05. The molecule has 0 radical (unpaired) electrons. The fourth-order valence-corrected chi connectivity index (χ4v) is 2.85. The number of amides is 1. The SMILES string of the molecule is O=C(CCNCC(O)c1cccs1)N1CCCC1. The van der Waals surface area contributed by atoms with Gasteiger partial charge in [-0.05, 0) is 24.3 Å². The zero-order valence-electron chi connectivity index (χ0n) is 10.5. The Hall–Kier alpha value is -0.910. The minimum Gasteiger partial charge on any atom is -0.386 e. The van der Waals surface area contributed by atoms with E-state index in [-0.39, 0.29) is 5.91 Å². The number of thiophene rings is 1. The molecule has 4 nitrogen and oxygen atoms in total. The number of aliphatic hydroxyl groups is 1. The molecule has 1 aliphatic rings. The normalized spacial score (nSPS) is 17.1. The van der Waals surface area contributed by atoms with Crippen LogP contribution in [0.2, 0.25) is 0 Å². The maximum absolute atomic E-state index is 11.7. The van der Waals surface area contributed by atoms with Crippen LogP contribution in [0.5, 0.6) is 0 Å². The number of aliphatic hydroxyl groups excluding tert-OH is 1. The molecular weight excluding hydrogens is 248 g/mol. The Labute approximate surface area is 112 Å². The Morgan fingerprint density at radius 2 is 2.28 bits per heavy atom. The van der Waals surface area contributed by atoms with Crippen LogP contribution in [-0.2, 0) is 4.79 Å². The van der Waals surface area contributed by atoms with E-state index in [0.29, 0.717) is 19.5 Å². The molecule has 1 fully saturated rings. The molecule has 1 unspecified atom stereocenters. The van der Waals surface area contributed by atoms with Gasteiger partial charge >= 0.3 is 0 Å². The Bertz CT molecular complexity index is 361. The Kier molecular flexibility index (Phi) is 5.16. The molecule has 1 atom stereocenters. The second-order valence-corrected chi connectivity index (χ2v) is 5.55. The number of hydrogen-bond donors (Lipinski definition) is 2. The van der Waals surface area contributed by atoms with Crippen LogP contribution in [0.15, 0.2) is 17.5 Å². The molecule has 2 rings (SSSR count). The zero-order valence-corrected chi connectivity index (χ0v) is 11.3. The highest BCUT2D eigenvalue weighted by molar-refractivity contribution is 7.10. The molecule has 0 spiro atoms. The fraction of sp³-hybridized carbons (Fsp3) is 0.615. The van der Waals surface area contributed by atoms with Crippen molar-refractivity contribution in [1.82, 2.24) is 10.2 Å². The third-order valence-corrected chi connectivity index (χ3v) is 4.16. The summed E-state index contributed by atoms with van der Waals surface area (Å²) in [6.45, 7) is 2.97. The van der Waals surface area contributed by atoms with Gasteiger partial charge in [0.1, 0.15) is 6.10 Å². The van der Waals surface area contributed by atoms with Crippen molar-refractivity contribution in [3.8, 4) is 0 Å². The lowest BCUT2D eigenvalue weighted by atomic mass is 10.3. The van der Waals surface area contributed by atoms with Gasteiger partial charge in [0, 0.05) is 37.5 Å². The van der Waals surface area contributed by atoms with Crippen molar-refractivity contribution in [2.24, 2.45) is 0 Å². The summed E-state index contributed by atoms with van der Waals surface area (Å²) >= 11 is 1.55. The van der Waals surface area contributed by atoms with Gasteiger partial charge in [-0.25, -0.2) is 0 Å². The highest BCUT2D eigenvalue weighted by Crippen LogP contribution is 2.17. The molecule has 0 saturated carbocycles. The Morgan fingerprint density at radius 3 is 2.94 bits per heavy atom. The zero-order chi connectivity index (χ0) is 12.8. The van der Waals surface area contributed by atoms with E-state index in [0.717, 1.165) is 30.8 Å². The molecule has 1 amide bonds. The van der Waals surface area contributed by atoms with Gasteiger partial charge in [0.2, 0.25) is 5.91 Å². The van der Waals surface area contributed by atoms with Crippen LogP contribution in [0.25, 0.3) is 0 Å². The summed E-state index contributed by atoms with van der Waals surface area (Å²) in [6.07, 6.45) is 2.33. The van der Waals surface area contributed by atoms with E-state index in [9.17, 15) is 9.90 Å². The van der Waals surface area contributed by atoms with Gasteiger partial charge < -0.3 is 15.3 Å². The van der Waals surface area contributed by atoms with E-state index >= 15 is 0 Å². The van der Waals surface area contributed by atoms with Crippen LogP contribution >= 0.6 is 11.3 Å². The summed E-state index contributed by atoms with van der Waals surface area (Å²) in [6, 6.07) is 3.85. The smallest absolute Gasteiger partial charge is 0.223 e. The highest BCUT2D eigenvalue weighted by Gasteiger charge is 2.17. The first-order valence-electron chi connectivity index (χ1n) is 6.47. The van der Waals surface area contributed by atoms with Crippen LogP contribution in [0.1, 0.15) is 30.2 Å². The first-order valence-corrected chi connectivity index (χ1v) is 7.35. The van der Waals surface area contributed by atoms with E-state index in [1.165, 1.54) is 0 Å². The van der Waals surface area contributed by atoms with Gasteiger partial charge in [0.25, 0.3) is 0 Å². The van der Waals surface area contributed by atoms with E-state index in [4.69, 9.17) is 0 Å². The van der Waals surface area contributed by atoms with Crippen molar-refractivity contribution >= 4 is 17.2 Å². The minimum atomic E-state index is -0.466. The van der Waals surface area contributed by atoms with Crippen molar-refractivity contribution in [2.75, 3.05) is 26.2 Å². The number of nitrogens with one attached hydrogen (secondary N) is 1. The summed E-state index contributed by atoms with van der Waals surface area (Å²) in [4.78, 5) is 14.6. The van der Waals surface area contributed by atoms with Gasteiger partial charge in [-0.15, -0.1) is 11.3 Å². The third kappa shape index (κ3) is 3.80. The number of hydrogen-bond acceptors (Lipinski definition) is 4. The summed E-state index contributed by atoms with van der Waals surface area (Å²) in [7, 11) is 0. The van der Waals surface area contributed by atoms with Crippen LogP contribution in [0, 0.1) is 0 Å². The van der Waals surface area contributed by atoms with Crippen LogP contribution < -0.4 is 5.32 Å². The Balaban J connectivity index is 1.59. The predicted octanol–water partition coefficient (Wildman–Crippen LogP) is 1.38. The molecule has 0 aliphatic carbocycles. The van der Waals surface area contributed by atoms with Crippen LogP contribution in [-0.4, -0.2) is 42.1 Å². The van der Waals surface area contributed by atoms with Crippen molar-refractivity contribution in [1.29, 1.82) is 0 Å². The number of rotatable bonds is 6. The van der Waals surface area contributed by atoms with Gasteiger partial charge in [0.15, 0.2) is 0 Å². The molecule has 1 aromatic heterocycles. The largest absolute Gasteiger partial charge is 0.386 e. The standard InChI is InChI=1S/C13H20N2O2S/c16-11(12-4-3-9-18-12)10-14-6-5-13(17)15-7-1-2-8-15/h3-4,9,11,14,16H,1-2,5-8,10H2. The quantitative estimate of drug-likeness (QED) is 0.767. The highest BCUT2D eigenvalue weighted by atomic mass is 32.1. The van der Waals surface area contributed by atoms with Crippen LogP contribution in [0.3, 0.4) is 0 Å². The maximum atomic E-state index is 11.7. The van der Waals surface area contributed by atoms with Gasteiger partial charge in [-0.3, -0.25) is 4.79 Å². The van der Waals surface area contributed by atoms with Gasteiger partial charge in [-0.1, -0.05) is 6.07 Å². The molecule has 0 bridgehead atoms. The van der Waals surface area contributed by atoms with Crippen molar-refractivity contribution < 1.29 is 9.90 Å². The molecule has 5 heteroatoms. The van der Waals surface area contributed by atoms with E-state index in [2.05, 4.69) is 5.32 Å². The topological polar surface area (TPSA) is 52.6 Å². The minimum absolute atomic E-state index is 0.227. The molecule has 100 valence electrons. The summed E-state index contributed by atoms with van der Waals surface area (Å²) in [5.41, 5.74) is 0. The number of carbonyl (C=O) groups excluding carboxylic acids is 1. The van der Waals surface area contributed by atoms with E-state index in [1.807, 2.05) is 22.4 Å². The van der Waals surface area contributed by atoms with Crippen molar-refractivity contribution in [3.63, 3.8) is 0 Å². The van der Waals surface area contributed by atoms with Gasteiger partial charge in [-0.2, -0.15) is 0 Å². The molecule has 1 saturated heterocycles. The summed E-state index contributed by atoms with van der Waals surface area (Å²) in [5, 5.41) is 14.9. The maximum Gasteiger partial charge on any atom is 0.223 e. The molecule has 1 aliphatic heterocycles. The lowest BCUT2D eigenvalue weighted by Crippen LogP contribution is -2.31. The summed E-state index contributed by atoms with van der Waals surface area (Å²) < 4.78 is 0. The predicted molar refractivity (Wildman–Crippen MR) is 72.6 cm³/mol. The second kappa shape index (κ2) is 6.87.